The molecule has 0 aromatic heterocycles. The van der Waals surface area contributed by atoms with Gasteiger partial charge in [0.1, 0.15) is 0 Å². The highest BCUT2D eigenvalue weighted by Gasteiger charge is 2.23. The van der Waals surface area contributed by atoms with E-state index in [0.717, 1.165) is 25.7 Å². The lowest BCUT2D eigenvalue weighted by molar-refractivity contribution is 0.122. The van der Waals surface area contributed by atoms with Gasteiger partial charge in [-0.1, -0.05) is 39.0 Å². The van der Waals surface area contributed by atoms with Gasteiger partial charge in [-0.25, -0.2) is 0 Å². The van der Waals surface area contributed by atoms with Gasteiger partial charge in [0.25, 0.3) is 0 Å². The predicted octanol–water partition coefficient (Wildman–Crippen LogP) is 4.31. The van der Waals surface area contributed by atoms with Crippen molar-refractivity contribution >= 4 is 0 Å². The van der Waals surface area contributed by atoms with Crippen molar-refractivity contribution < 1.29 is 5.11 Å². The van der Waals surface area contributed by atoms with E-state index in [4.69, 9.17) is 0 Å². The Bertz CT molecular complexity index is 406. The maximum absolute atomic E-state index is 9.59. The van der Waals surface area contributed by atoms with E-state index in [1.165, 1.54) is 16.7 Å². The van der Waals surface area contributed by atoms with Crippen molar-refractivity contribution in [2.45, 2.75) is 70.8 Å². The van der Waals surface area contributed by atoms with Crippen LogP contribution in [0.15, 0.2) is 18.2 Å². The fraction of sp³-hybridized carbons (Fsp3) is 0.647. The summed E-state index contributed by atoms with van der Waals surface area (Å²) >= 11 is 0. The van der Waals surface area contributed by atoms with Gasteiger partial charge in [0.15, 0.2) is 0 Å². The summed E-state index contributed by atoms with van der Waals surface area (Å²) in [4.78, 5) is 0. The minimum Gasteiger partial charge on any atom is -0.393 e. The van der Waals surface area contributed by atoms with Crippen LogP contribution in [-0.4, -0.2) is 11.2 Å². The van der Waals surface area contributed by atoms with E-state index < -0.39 is 0 Å². The standard InChI is InChI=1S/C17H26O/c1-12-11-14(17(2,3)4)7-10-16(12)13-5-8-15(18)9-6-13/h7,10-11,13,15,18H,5-6,8-9H2,1-4H3. The molecule has 1 fully saturated rings. The van der Waals surface area contributed by atoms with Crippen molar-refractivity contribution in [2.24, 2.45) is 0 Å². The molecule has 1 aliphatic carbocycles. The molecule has 0 atom stereocenters. The van der Waals surface area contributed by atoms with Gasteiger partial charge in [0.05, 0.1) is 6.10 Å². The average molecular weight is 246 g/mol. The van der Waals surface area contributed by atoms with Crippen molar-refractivity contribution in [2.75, 3.05) is 0 Å². The van der Waals surface area contributed by atoms with Gasteiger partial charge >= 0.3 is 0 Å². The van der Waals surface area contributed by atoms with Gasteiger partial charge in [-0.3, -0.25) is 0 Å². The topological polar surface area (TPSA) is 20.2 Å². The zero-order valence-corrected chi connectivity index (χ0v) is 12.2. The van der Waals surface area contributed by atoms with Crippen LogP contribution in [0.25, 0.3) is 0 Å². The molecular formula is C17H26O. The third kappa shape index (κ3) is 2.95. The average Bonchev–Trinajstić information content (AvgIpc) is 2.29. The molecule has 1 heteroatoms. The molecule has 1 saturated carbocycles. The van der Waals surface area contributed by atoms with E-state index >= 15 is 0 Å². The van der Waals surface area contributed by atoms with E-state index in [-0.39, 0.29) is 11.5 Å². The van der Waals surface area contributed by atoms with Crippen LogP contribution in [-0.2, 0) is 5.41 Å². The summed E-state index contributed by atoms with van der Waals surface area (Å²) in [6, 6.07) is 6.95. The molecule has 0 aliphatic heterocycles. The van der Waals surface area contributed by atoms with Crippen LogP contribution in [0.2, 0.25) is 0 Å². The number of aliphatic hydroxyl groups excluding tert-OH is 1. The first-order valence-corrected chi connectivity index (χ1v) is 7.17. The Morgan fingerprint density at radius 3 is 2.17 bits per heavy atom. The lowest BCUT2D eigenvalue weighted by Crippen LogP contribution is -2.18. The van der Waals surface area contributed by atoms with Gasteiger partial charge in [0, 0.05) is 0 Å². The second-order valence-corrected chi connectivity index (χ2v) is 6.83. The highest BCUT2D eigenvalue weighted by molar-refractivity contribution is 5.36. The van der Waals surface area contributed by atoms with Gasteiger partial charge in [-0.2, -0.15) is 0 Å². The molecule has 0 amide bonds. The van der Waals surface area contributed by atoms with Crippen molar-refractivity contribution in [3.05, 3.63) is 34.9 Å². The Balaban J connectivity index is 2.20. The SMILES string of the molecule is Cc1cc(C(C)(C)C)ccc1C1CCC(O)CC1. The quantitative estimate of drug-likeness (QED) is 0.783. The van der Waals surface area contributed by atoms with Crippen LogP contribution in [0.1, 0.15) is 69.1 Å². The summed E-state index contributed by atoms with van der Waals surface area (Å²) in [6.45, 7) is 9.02. The summed E-state index contributed by atoms with van der Waals surface area (Å²) in [7, 11) is 0. The maximum Gasteiger partial charge on any atom is 0.0540 e. The summed E-state index contributed by atoms with van der Waals surface area (Å²) in [6.07, 6.45) is 4.14. The van der Waals surface area contributed by atoms with Crippen molar-refractivity contribution in [1.82, 2.24) is 0 Å². The van der Waals surface area contributed by atoms with E-state index in [2.05, 4.69) is 45.9 Å². The molecule has 0 radical (unpaired) electrons. The molecule has 100 valence electrons. The summed E-state index contributed by atoms with van der Waals surface area (Å²) in [5.74, 6) is 0.655. The maximum atomic E-state index is 9.59. The van der Waals surface area contributed by atoms with Crippen LogP contribution in [0.4, 0.5) is 0 Å². The first-order chi connectivity index (χ1) is 8.38. The minimum atomic E-state index is -0.0598. The van der Waals surface area contributed by atoms with E-state index in [0.29, 0.717) is 5.92 Å². The molecule has 0 spiro atoms. The van der Waals surface area contributed by atoms with E-state index in [1.807, 2.05) is 0 Å². The molecule has 18 heavy (non-hydrogen) atoms. The highest BCUT2D eigenvalue weighted by atomic mass is 16.3. The molecule has 0 heterocycles. The van der Waals surface area contributed by atoms with Crippen LogP contribution in [0.3, 0.4) is 0 Å². The zero-order chi connectivity index (χ0) is 13.3. The number of aliphatic hydroxyl groups is 1. The predicted molar refractivity (Wildman–Crippen MR) is 77.1 cm³/mol. The minimum absolute atomic E-state index is 0.0598. The summed E-state index contributed by atoms with van der Waals surface area (Å²) in [5.41, 5.74) is 4.56. The molecule has 1 N–H and O–H groups in total. The fourth-order valence-electron chi connectivity index (χ4n) is 2.99. The fourth-order valence-corrected chi connectivity index (χ4v) is 2.99. The summed E-state index contributed by atoms with van der Waals surface area (Å²) < 4.78 is 0. The van der Waals surface area contributed by atoms with Crippen LogP contribution >= 0.6 is 0 Å². The third-order valence-corrected chi connectivity index (χ3v) is 4.27. The molecule has 2 rings (SSSR count). The lowest BCUT2D eigenvalue weighted by Gasteiger charge is -2.28. The molecular weight excluding hydrogens is 220 g/mol. The normalized spacial score (nSPS) is 25.2. The molecule has 1 aliphatic rings. The first kappa shape index (κ1) is 13.6. The molecule has 0 saturated heterocycles. The smallest absolute Gasteiger partial charge is 0.0540 e. The number of aryl methyl sites for hydroxylation is 1. The van der Waals surface area contributed by atoms with Gasteiger partial charge in [0.2, 0.25) is 0 Å². The second kappa shape index (κ2) is 5.05. The molecule has 0 unspecified atom stereocenters. The Morgan fingerprint density at radius 2 is 1.67 bits per heavy atom. The Hall–Kier alpha value is -0.820. The highest BCUT2D eigenvalue weighted by Crippen LogP contribution is 2.35. The number of hydrogen-bond donors (Lipinski definition) is 1. The lowest BCUT2D eigenvalue weighted by atomic mass is 9.79. The summed E-state index contributed by atoms with van der Waals surface area (Å²) in [5, 5.41) is 9.59. The Kier molecular flexibility index (Phi) is 3.82. The van der Waals surface area contributed by atoms with E-state index in [9.17, 15) is 5.11 Å². The van der Waals surface area contributed by atoms with Gasteiger partial charge in [-0.15, -0.1) is 0 Å². The third-order valence-electron chi connectivity index (χ3n) is 4.27. The van der Waals surface area contributed by atoms with Gasteiger partial charge in [-0.05, 0) is 60.6 Å². The second-order valence-electron chi connectivity index (χ2n) is 6.83. The van der Waals surface area contributed by atoms with Crippen LogP contribution in [0, 0.1) is 6.92 Å². The van der Waals surface area contributed by atoms with E-state index in [1.54, 1.807) is 0 Å². The van der Waals surface area contributed by atoms with Crippen molar-refractivity contribution in [1.29, 1.82) is 0 Å². The number of hydrogen-bond acceptors (Lipinski definition) is 1. The first-order valence-electron chi connectivity index (χ1n) is 7.17. The molecule has 1 aromatic rings. The van der Waals surface area contributed by atoms with Crippen LogP contribution in [0.5, 0.6) is 0 Å². The zero-order valence-electron chi connectivity index (χ0n) is 12.2. The largest absolute Gasteiger partial charge is 0.393 e. The van der Waals surface area contributed by atoms with Gasteiger partial charge < -0.3 is 5.11 Å². The molecule has 1 nitrogen and oxygen atoms in total. The van der Waals surface area contributed by atoms with Crippen molar-refractivity contribution in [3.63, 3.8) is 0 Å². The van der Waals surface area contributed by atoms with Crippen LogP contribution < -0.4 is 0 Å². The van der Waals surface area contributed by atoms with Crippen molar-refractivity contribution in [3.8, 4) is 0 Å². The number of benzene rings is 1. The monoisotopic (exact) mass is 246 g/mol. The molecule has 0 bridgehead atoms. The Morgan fingerprint density at radius 1 is 1.06 bits per heavy atom. The number of rotatable bonds is 1. The Labute approximate surface area is 111 Å². The molecule has 1 aromatic carbocycles.